The number of rotatable bonds is 4. The number of guanidine groups is 1. The molecule has 1 aliphatic heterocycles. The number of aliphatic imine (C=N–C) groups is 1. The van der Waals surface area contributed by atoms with E-state index in [1.807, 2.05) is 26.8 Å². The van der Waals surface area contributed by atoms with E-state index in [-0.39, 0.29) is 35.8 Å². The first kappa shape index (κ1) is 23.5. The number of ether oxygens (including phenoxy) is 1. The minimum Gasteiger partial charge on any atom is -0.444 e. The van der Waals surface area contributed by atoms with Crippen molar-refractivity contribution in [1.29, 1.82) is 0 Å². The fourth-order valence-corrected chi connectivity index (χ4v) is 2.89. The maximum absolute atomic E-state index is 13.7. The maximum Gasteiger partial charge on any atom is 0.407 e. The largest absolute Gasteiger partial charge is 0.444 e. The maximum atomic E-state index is 13.7. The van der Waals surface area contributed by atoms with Crippen LogP contribution in [0, 0.1) is 5.82 Å². The van der Waals surface area contributed by atoms with E-state index in [1.165, 1.54) is 6.07 Å². The minimum atomic E-state index is -0.507. The van der Waals surface area contributed by atoms with Crippen LogP contribution in [0.2, 0.25) is 0 Å². The molecule has 1 aliphatic rings. The Kier molecular flexibility index (Phi) is 9.28. The van der Waals surface area contributed by atoms with E-state index in [4.69, 9.17) is 4.74 Å². The number of halogens is 2. The standard InChI is InChI=1S/C19H29FN4O2.HI/c1-19(2,3)26-18(25)23-15-10-12-24(13-15)17(21-4)22-11-9-14-7-5-6-8-16(14)20;/h5-8,15H,9-13H2,1-4H3,(H,21,22)(H,23,25);1H. The van der Waals surface area contributed by atoms with Crippen molar-refractivity contribution in [1.82, 2.24) is 15.5 Å². The number of hydrogen-bond donors (Lipinski definition) is 2. The third-order valence-corrected chi connectivity index (χ3v) is 4.06. The Hall–Kier alpha value is -1.58. The molecule has 0 bridgehead atoms. The van der Waals surface area contributed by atoms with Gasteiger partial charge in [-0.3, -0.25) is 4.99 Å². The lowest BCUT2D eigenvalue weighted by atomic mass is 10.1. The highest BCUT2D eigenvalue weighted by atomic mass is 127. The summed E-state index contributed by atoms with van der Waals surface area (Å²) < 4.78 is 19.0. The summed E-state index contributed by atoms with van der Waals surface area (Å²) in [5, 5.41) is 6.16. The van der Waals surface area contributed by atoms with Crippen LogP contribution in [-0.4, -0.2) is 55.3 Å². The van der Waals surface area contributed by atoms with E-state index in [9.17, 15) is 9.18 Å². The highest BCUT2D eigenvalue weighted by molar-refractivity contribution is 14.0. The first-order valence-corrected chi connectivity index (χ1v) is 8.97. The summed E-state index contributed by atoms with van der Waals surface area (Å²) in [6.45, 7) is 7.57. The fraction of sp³-hybridized carbons (Fsp3) is 0.579. The van der Waals surface area contributed by atoms with Crippen molar-refractivity contribution in [3.63, 3.8) is 0 Å². The zero-order valence-corrected chi connectivity index (χ0v) is 18.7. The molecule has 1 atom stereocenters. The van der Waals surface area contributed by atoms with E-state index in [1.54, 1.807) is 19.2 Å². The Morgan fingerprint density at radius 3 is 2.70 bits per heavy atom. The van der Waals surface area contributed by atoms with Crippen LogP contribution in [0.4, 0.5) is 9.18 Å². The molecule has 2 N–H and O–H groups in total. The van der Waals surface area contributed by atoms with Crippen molar-refractivity contribution in [2.75, 3.05) is 26.7 Å². The Bertz CT molecular complexity index is 649. The van der Waals surface area contributed by atoms with Crippen molar-refractivity contribution in [2.24, 2.45) is 4.99 Å². The lowest BCUT2D eigenvalue weighted by molar-refractivity contribution is 0.0507. The second-order valence-electron chi connectivity index (χ2n) is 7.39. The number of nitrogens with one attached hydrogen (secondary N) is 2. The summed E-state index contributed by atoms with van der Waals surface area (Å²) in [6, 6.07) is 6.80. The predicted octanol–water partition coefficient (Wildman–Crippen LogP) is 3.16. The molecule has 1 heterocycles. The molecule has 152 valence electrons. The average Bonchev–Trinajstić information content (AvgIpc) is 2.99. The zero-order chi connectivity index (χ0) is 19.2. The Labute approximate surface area is 178 Å². The molecule has 27 heavy (non-hydrogen) atoms. The first-order chi connectivity index (χ1) is 12.3. The molecule has 1 saturated heterocycles. The van der Waals surface area contributed by atoms with Gasteiger partial charge in [-0.25, -0.2) is 9.18 Å². The van der Waals surface area contributed by atoms with Gasteiger partial charge in [0, 0.05) is 26.7 Å². The topological polar surface area (TPSA) is 66.0 Å². The van der Waals surface area contributed by atoms with Crippen molar-refractivity contribution >= 4 is 36.0 Å². The second kappa shape index (κ2) is 10.7. The molecule has 6 nitrogen and oxygen atoms in total. The van der Waals surface area contributed by atoms with Gasteiger partial charge in [-0.05, 0) is 45.2 Å². The van der Waals surface area contributed by atoms with Crippen LogP contribution < -0.4 is 10.6 Å². The summed E-state index contributed by atoms with van der Waals surface area (Å²) in [4.78, 5) is 18.3. The predicted molar refractivity (Wildman–Crippen MR) is 116 cm³/mol. The summed E-state index contributed by atoms with van der Waals surface area (Å²) in [6.07, 6.45) is 1.01. The van der Waals surface area contributed by atoms with E-state index < -0.39 is 11.7 Å². The molecule has 0 aromatic heterocycles. The monoisotopic (exact) mass is 492 g/mol. The van der Waals surface area contributed by atoms with Crippen LogP contribution in [0.1, 0.15) is 32.8 Å². The SMILES string of the molecule is CN=C(NCCc1ccccc1F)N1CCC(NC(=O)OC(C)(C)C)C1.I. The molecule has 1 unspecified atom stereocenters. The normalized spacial score (nSPS) is 17.3. The molecule has 1 aromatic rings. The van der Waals surface area contributed by atoms with Gasteiger partial charge in [-0.1, -0.05) is 18.2 Å². The van der Waals surface area contributed by atoms with Gasteiger partial charge in [-0.2, -0.15) is 0 Å². The molecule has 1 fully saturated rings. The van der Waals surface area contributed by atoms with Crippen molar-refractivity contribution < 1.29 is 13.9 Å². The Morgan fingerprint density at radius 2 is 2.07 bits per heavy atom. The molecular formula is C19H30FIN4O2. The third-order valence-electron chi connectivity index (χ3n) is 4.06. The van der Waals surface area contributed by atoms with E-state index in [2.05, 4.69) is 20.5 Å². The first-order valence-electron chi connectivity index (χ1n) is 8.97. The van der Waals surface area contributed by atoms with Gasteiger partial charge in [0.15, 0.2) is 5.96 Å². The number of carbonyl (C=O) groups is 1. The highest BCUT2D eigenvalue weighted by Gasteiger charge is 2.27. The number of benzene rings is 1. The van der Waals surface area contributed by atoms with Crippen LogP contribution in [0.25, 0.3) is 0 Å². The number of nitrogens with zero attached hydrogens (tertiary/aromatic N) is 2. The molecule has 0 radical (unpaired) electrons. The number of alkyl carbamates (subject to hydrolysis) is 1. The van der Waals surface area contributed by atoms with Gasteiger partial charge < -0.3 is 20.3 Å². The molecule has 0 aliphatic carbocycles. The van der Waals surface area contributed by atoms with Crippen molar-refractivity contribution in [3.8, 4) is 0 Å². The lowest BCUT2D eigenvalue weighted by Gasteiger charge is -2.23. The van der Waals surface area contributed by atoms with Gasteiger partial charge >= 0.3 is 6.09 Å². The van der Waals surface area contributed by atoms with E-state index in [0.29, 0.717) is 25.1 Å². The van der Waals surface area contributed by atoms with Gasteiger partial charge in [-0.15, -0.1) is 24.0 Å². The molecule has 1 aromatic carbocycles. The second-order valence-corrected chi connectivity index (χ2v) is 7.39. The fourth-order valence-electron chi connectivity index (χ4n) is 2.89. The van der Waals surface area contributed by atoms with Crippen molar-refractivity contribution in [3.05, 3.63) is 35.6 Å². The molecule has 8 heteroatoms. The van der Waals surface area contributed by atoms with Gasteiger partial charge in [0.1, 0.15) is 11.4 Å². The summed E-state index contributed by atoms with van der Waals surface area (Å²) in [5.74, 6) is 0.571. The van der Waals surface area contributed by atoms with Gasteiger partial charge in [0.25, 0.3) is 0 Å². The lowest BCUT2D eigenvalue weighted by Crippen LogP contribution is -2.44. The summed E-state index contributed by atoms with van der Waals surface area (Å²) in [5.41, 5.74) is 0.175. The number of amides is 1. The van der Waals surface area contributed by atoms with Crippen LogP contribution in [-0.2, 0) is 11.2 Å². The van der Waals surface area contributed by atoms with Crippen LogP contribution in [0.15, 0.2) is 29.3 Å². The quantitative estimate of drug-likeness (QED) is 0.385. The molecule has 1 amide bonds. The van der Waals surface area contributed by atoms with E-state index in [0.717, 1.165) is 18.9 Å². The van der Waals surface area contributed by atoms with Crippen LogP contribution >= 0.6 is 24.0 Å². The molecular weight excluding hydrogens is 462 g/mol. The number of carbonyl (C=O) groups excluding carboxylic acids is 1. The summed E-state index contributed by atoms with van der Waals surface area (Å²) >= 11 is 0. The number of likely N-dealkylation sites (tertiary alicyclic amines) is 1. The van der Waals surface area contributed by atoms with E-state index >= 15 is 0 Å². The summed E-state index contributed by atoms with van der Waals surface area (Å²) in [7, 11) is 1.72. The minimum absolute atomic E-state index is 0. The van der Waals surface area contributed by atoms with Crippen LogP contribution in [0.5, 0.6) is 0 Å². The van der Waals surface area contributed by atoms with Crippen molar-refractivity contribution in [2.45, 2.75) is 45.3 Å². The van der Waals surface area contributed by atoms with Gasteiger partial charge in [0.2, 0.25) is 0 Å². The molecule has 0 spiro atoms. The van der Waals surface area contributed by atoms with Gasteiger partial charge in [0.05, 0.1) is 6.04 Å². The smallest absolute Gasteiger partial charge is 0.407 e. The molecule has 2 rings (SSSR count). The Morgan fingerprint density at radius 1 is 1.37 bits per heavy atom. The average molecular weight is 492 g/mol. The Balaban J connectivity index is 0.00000364. The highest BCUT2D eigenvalue weighted by Crippen LogP contribution is 2.12. The number of hydrogen-bond acceptors (Lipinski definition) is 3. The third kappa shape index (κ3) is 7.90. The zero-order valence-electron chi connectivity index (χ0n) is 16.4. The molecule has 0 saturated carbocycles. The van der Waals surface area contributed by atoms with Crippen LogP contribution in [0.3, 0.4) is 0 Å².